The van der Waals surface area contributed by atoms with Crippen molar-refractivity contribution in [3.05, 3.63) is 23.8 Å². The van der Waals surface area contributed by atoms with E-state index in [2.05, 4.69) is 15.4 Å². The van der Waals surface area contributed by atoms with Crippen molar-refractivity contribution in [2.45, 2.75) is 32.7 Å². The second-order valence-electron chi connectivity index (χ2n) is 5.88. The lowest BCUT2D eigenvalue weighted by molar-refractivity contribution is -0.117. The maximum Gasteiger partial charge on any atom is 0.232 e. The van der Waals surface area contributed by atoms with Gasteiger partial charge in [-0.1, -0.05) is 13.0 Å². The number of ether oxygens (including phenoxy) is 1. The first-order valence-corrected chi connectivity index (χ1v) is 9.77. The Hall–Kier alpha value is -1.64. The molecule has 0 aliphatic carbocycles. The molecule has 0 saturated carbocycles. The number of sulfonamides is 1. The van der Waals surface area contributed by atoms with Crippen LogP contribution in [0, 0.1) is 6.92 Å². The summed E-state index contributed by atoms with van der Waals surface area (Å²) in [5.74, 6) is -0.0641. The molecule has 1 fully saturated rings. The van der Waals surface area contributed by atoms with Crippen molar-refractivity contribution in [3.63, 3.8) is 0 Å². The highest BCUT2D eigenvalue weighted by Crippen LogP contribution is 2.24. The average Bonchev–Trinajstić information content (AvgIpc) is 2.52. The molecule has 1 atom stereocenters. The summed E-state index contributed by atoms with van der Waals surface area (Å²) in [6.07, 6.45) is 0.854. The molecule has 0 bridgehead atoms. The molecule has 3 N–H and O–H groups in total. The Morgan fingerprint density at radius 2 is 2.12 bits per heavy atom. The summed E-state index contributed by atoms with van der Waals surface area (Å²) in [6, 6.07) is 5.17. The summed E-state index contributed by atoms with van der Waals surface area (Å²) in [5.41, 5.74) is 1.78. The molecule has 1 aliphatic rings. The largest absolute Gasteiger partial charge is 0.378 e. The van der Waals surface area contributed by atoms with E-state index in [-0.39, 0.29) is 17.7 Å². The number of anilines is 2. The number of hydrogen-bond donors (Lipinski definition) is 3. The molecule has 1 aromatic rings. The van der Waals surface area contributed by atoms with Gasteiger partial charge in [-0.3, -0.25) is 9.52 Å². The fourth-order valence-corrected chi connectivity index (χ4v) is 3.74. The van der Waals surface area contributed by atoms with Gasteiger partial charge in [-0.05, 0) is 31.0 Å². The number of rotatable bonds is 7. The minimum Gasteiger partial charge on any atom is -0.378 e. The van der Waals surface area contributed by atoms with Gasteiger partial charge < -0.3 is 15.4 Å². The van der Waals surface area contributed by atoms with Crippen molar-refractivity contribution >= 4 is 27.3 Å². The van der Waals surface area contributed by atoms with Crippen LogP contribution in [-0.4, -0.2) is 45.9 Å². The van der Waals surface area contributed by atoms with Gasteiger partial charge in [-0.25, -0.2) is 8.42 Å². The van der Waals surface area contributed by atoms with E-state index in [9.17, 15) is 13.2 Å². The monoisotopic (exact) mass is 355 g/mol. The predicted molar refractivity (Wildman–Crippen MR) is 94.7 cm³/mol. The highest BCUT2D eigenvalue weighted by atomic mass is 32.2. The molecule has 1 unspecified atom stereocenters. The average molecular weight is 355 g/mol. The number of nitrogens with one attached hydrogen (secondary N) is 3. The van der Waals surface area contributed by atoms with Gasteiger partial charge >= 0.3 is 0 Å². The molecule has 1 amide bonds. The van der Waals surface area contributed by atoms with Crippen LogP contribution >= 0.6 is 0 Å². The Morgan fingerprint density at radius 3 is 2.79 bits per heavy atom. The Morgan fingerprint density at radius 1 is 1.38 bits per heavy atom. The van der Waals surface area contributed by atoms with E-state index in [4.69, 9.17) is 4.74 Å². The molecule has 0 radical (unpaired) electrons. The first kappa shape index (κ1) is 18.7. The lowest BCUT2D eigenvalue weighted by atomic mass is 10.1. The van der Waals surface area contributed by atoms with E-state index in [1.165, 1.54) is 0 Å². The van der Waals surface area contributed by atoms with Gasteiger partial charge in [-0.15, -0.1) is 0 Å². The second-order valence-corrected chi connectivity index (χ2v) is 7.72. The molecule has 24 heavy (non-hydrogen) atoms. The third-order valence-electron chi connectivity index (χ3n) is 3.78. The topological polar surface area (TPSA) is 96.5 Å². The fourth-order valence-electron chi connectivity index (χ4n) is 2.54. The van der Waals surface area contributed by atoms with Crippen LogP contribution in [0.3, 0.4) is 0 Å². The lowest BCUT2D eigenvalue weighted by Crippen LogP contribution is -2.43. The zero-order chi connectivity index (χ0) is 17.6. The quantitative estimate of drug-likeness (QED) is 0.688. The zero-order valence-electron chi connectivity index (χ0n) is 14.1. The van der Waals surface area contributed by atoms with Crippen molar-refractivity contribution in [2.24, 2.45) is 0 Å². The molecule has 8 heteroatoms. The lowest BCUT2D eigenvalue weighted by Gasteiger charge is -2.23. The Kier molecular flexibility index (Phi) is 6.59. The van der Waals surface area contributed by atoms with Crippen LogP contribution in [0.1, 0.15) is 25.3 Å². The minimum absolute atomic E-state index is 0.00490. The van der Waals surface area contributed by atoms with E-state index in [1.807, 2.05) is 6.92 Å². The Balaban J connectivity index is 2.02. The van der Waals surface area contributed by atoms with E-state index in [0.29, 0.717) is 43.0 Å². The van der Waals surface area contributed by atoms with Crippen molar-refractivity contribution in [2.75, 3.05) is 35.6 Å². The Labute approximate surface area is 143 Å². The number of hydrogen-bond acceptors (Lipinski definition) is 5. The van der Waals surface area contributed by atoms with Crippen LogP contribution in [-0.2, 0) is 19.6 Å². The van der Waals surface area contributed by atoms with Gasteiger partial charge in [0.15, 0.2) is 0 Å². The van der Waals surface area contributed by atoms with Crippen LogP contribution < -0.4 is 15.4 Å². The predicted octanol–water partition coefficient (Wildman–Crippen LogP) is 1.46. The molecular formula is C16H25N3O4S. The Bertz CT molecular complexity index is 670. The zero-order valence-corrected chi connectivity index (χ0v) is 14.9. The first-order chi connectivity index (χ1) is 11.4. The molecule has 1 saturated heterocycles. The summed E-state index contributed by atoms with van der Waals surface area (Å²) in [5, 5.41) is 6.08. The highest BCUT2D eigenvalue weighted by Gasteiger charge is 2.18. The van der Waals surface area contributed by atoms with Crippen LogP contribution in [0.2, 0.25) is 0 Å². The van der Waals surface area contributed by atoms with Crippen LogP contribution in [0.4, 0.5) is 11.4 Å². The summed E-state index contributed by atoms with van der Waals surface area (Å²) >= 11 is 0. The summed E-state index contributed by atoms with van der Waals surface area (Å²) in [6.45, 7) is 5.51. The number of carbonyl (C=O) groups is 1. The molecule has 0 spiro atoms. The number of benzene rings is 1. The van der Waals surface area contributed by atoms with E-state index in [0.717, 1.165) is 6.54 Å². The summed E-state index contributed by atoms with van der Waals surface area (Å²) < 4.78 is 31.8. The highest BCUT2D eigenvalue weighted by molar-refractivity contribution is 7.92. The van der Waals surface area contributed by atoms with Gasteiger partial charge in [0.2, 0.25) is 15.9 Å². The molecule has 1 heterocycles. The molecule has 1 aliphatic heterocycles. The van der Waals surface area contributed by atoms with Crippen LogP contribution in [0.15, 0.2) is 18.2 Å². The minimum atomic E-state index is -3.36. The second kappa shape index (κ2) is 8.46. The smallest absolute Gasteiger partial charge is 0.232 e. The van der Waals surface area contributed by atoms with Crippen molar-refractivity contribution in [1.29, 1.82) is 0 Å². The molecule has 134 valence electrons. The number of amides is 1. The van der Waals surface area contributed by atoms with Gasteiger partial charge in [0.25, 0.3) is 0 Å². The molecule has 0 aromatic heterocycles. The van der Waals surface area contributed by atoms with Crippen molar-refractivity contribution < 1.29 is 17.9 Å². The summed E-state index contributed by atoms with van der Waals surface area (Å²) in [7, 11) is -3.36. The third kappa shape index (κ3) is 5.47. The standard InChI is InChI=1S/C16H25N3O4S/c1-3-9-24(21,22)19-15-6-4-5-14(12(15)2)18-16(20)10-13-11-23-8-7-17-13/h4-6,13,17,19H,3,7-11H2,1-2H3,(H,18,20). The number of carbonyl (C=O) groups excluding carboxylic acids is 1. The third-order valence-corrected chi connectivity index (χ3v) is 5.25. The molecule has 7 nitrogen and oxygen atoms in total. The van der Waals surface area contributed by atoms with Gasteiger partial charge in [0.05, 0.1) is 24.7 Å². The normalized spacial score (nSPS) is 18.2. The summed E-state index contributed by atoms with van der Waals surface area (Å²) in [4.78, 5) is 12.2. The van der Waals surface area contributed by atoms with Crippen LogP contribution in [0.5, 0.6) is 0 Å². The van der Waals surface area contributed by atoms with E-state index in [1.54, 1.807) is 25.1 Å². The molecular weight excluding hydrogens is 330 g/mol. The van der Waals surface area contributed by atoms with E-state index >= 15 is 0 Å². The first-order valence-electron chi connectivity index (χ1n) is 8.12. The maximum atomic E-state index is 12.2. The van der Waals surface area contributed by atoms with Gasteiger partial charge in [-0.2, -0.15) is 0 Å². The molecule has 2 rings (SSSR count). The fraction of sp³-hybridized carbons (Fsp3) is 0.562. The maximum absolute atomic E-state index is 12.2. The van der Waals surface area contributed by atoms with Gasteiger partial charge in [0.1, 0.15) is 0 Å². The van der Waals surface area contributed by atoms with Gasteiger partial charge in [0, 0.05) is 24.7 Å². The number of morpholine rings is 1. The van der Waals surface area contributed by atoms with Crippen molar-refractivity contribution in [1.82, 2.24) is 5.32 Å². The van der Waals surface area contributed by atoms with Crippen molar-refractivity contribution in [3.8, 4) is 0 Å². The van der Waals surface area contributed by atoms with E-state index < -0.39 is 10.0 Å². The molecule has 1 aromatic carbocycles. The van der Waals surface area contributed by atoms with Crippen LogP contribution in [0.25, 0.3) is 0 Å². The SMILES string of the molecule is CCCS(=O)(=O)Nc1cccc(NC(=O)CC2COCCN2)c1C.